The topological polar surface area (TPSA) is 149 Å². The van der Waals surface area contributed by atoms with Gasteiger partial charge in [0, 0.05) is 20.7 Å². The molecule has 11 heteroatoms. The molecule has 0 spiro atoms. The second kappa shape index (κ2) is 7.08. The predicted octanol–water partition coefficient (Wildman–Crippen LogP) is -1.66. The zero-order valence-corrected chi connectivity index (χ0v) is 13.6. The van der Waals surface area contributed by atoms with Crippen LogP contribution in [0, 0.1) is 0 Å². The first-order valence-electron chi connectivity index (χ1n) is 6.79. The summed E-state index contributed by atoms with van der Waals surface area (Å²) in [6.45, 7) is 0.897. The lowest BCUT2D eigenvalue weighted by Crippen LogP contribution is -2.37. The van der Waals surface area contributed by atoms with Crippen LogP contribution in [-0.4, -0.2) is 59.7 Å². The molecule has 0 saturated carbocycles. The molecule has 1 aromatic heterocycles. The number of aliphatic hydroxyl groups excluding tert-OH is 1. The van der Waals surface area contributed by atoms with Gasteiger partial charge in [0.15, 0.2) is 6.23 Å². The summed E-state index contributed by atoms with van der Waals surface area (Å²) in [5, 5.41) is 10.2. The number of nitrogen functional groups attached to an aromatic ring is 1. The highest BCUT2D eigenvalue weighted by molar-refractivity contribution is 7.55. The van der Waals surface area contributed by atoms with E-state index >= 15 is 0 Å². The van der Waals surface area contributed by atoms with E-state index in [0.29, 0.717) is 0 Å². The van der Waals surface area contributed by atoms with Crippen LogP contribution in [0.25, 0.3) is 0 Å². The van der Waals surface area contributed by atoms with E-state index < -0.39 is 43.9 Å². The molecule has 0 aliphatic carbocycles. The summed E-state index contributed by atoms with van der Waals surface area (Å²) in [6, 6.07) is 1.42. The second-order valence-corrected chi connectivity index (χ2v) is 7.60. The number of anilines is 1. The van der Waals surface area contributed by atoms with Gasteiger partial charge in [-0.3, -0.25) is 4.57 Å². The molecular weight excluding hydrogens is 329 g/mol. The molecule has 1 aliphatic heterocycles. The van der Waals surface area contributed by atoms with Crippen molar-refractivity contribution in [1.82, 2.24) is 9.55 Å². The highest BCUT2D eigenvalue weighted by Gasteiger charge is 2.45. The molecule has 0 amide bonds. The number of ether oxygens (including phenoxy) is 3. The number of rotatable bonds is 6. The summed E-state index contributed by atoms with van der Waals surface area (Å²) < 4.78 is 28.0. The van der Waals surface area contributed by atoms with Gasteiger partial charge in [-0.25, -0.2) is 4.79 Å². The van der Waals surface area contributed by atoms with Gasteiger partial charge in [0.25, 0.3) is 0 Å². The van der Waals surface area contributed by atoms with Crippen molar-refractivity contribution in [1.29, 1.82) is 0 Å². The van der Waals surface area contributed by atoms with Crippen molar-refractivity contribution in [3.63, 3.8) is 0 Å². The second-order valence-electron chi connectivity index (χ2n) is 5.31. The van der Waals surface area contributed by atoms with Crippen LogP contribution in [0.2, 0.25) is 0 Å². The molecule has 23 heavy (non-hydrogen) atoms. The third-order valence-electron chi connectivity index (χ3n) is 3.32. The largest absolute Gasteiger partial charge is 0.798 e. The summed E-state index contributed by atoms with van der Waals surface area (Å²) in [6.07, 6.45) is -2.80. The molecule has 2 heterocycles. The Hall–Kier alpha value is -1.29. The molecule has 0 bridgehead atoms. The maximum absolute atomic E-state index is 11.9. The smallest absolute Gasteiger partial charge is 0.351 e. The molecule has 0 aromatic carbocycles. The average molecular weight is 348 g/mol. The molecule has 130 valence electrons. The molecule has 10 nitrogen and oxygen atoms in total. The van der Waals surface area contributed by atoms with Crippen molar-refractivity contribution in [2.24, 2.45) is 0 Å². The number of aliphatic hydroxyl groups is 1. The van der Waals surface area contributed by atoms with Gasteiger partial charge in [0.1, 0.15) is 24.1 Å². The predicted molar refractivity (Wildman–Crippen MR) is 78.0 cm³/mol. The minimum atomic E-state index is -3.57. The van der Waals surface area contributed by atoms with Crippen molar-refractivity contribution in [3.8, 4) is 0 Å². The maximum atomic E-state index is 11.9. The van der Waals surface area contributed by atoms with Gasteiger partial charge in [-0.15, -0.1) is 0 Å². The summed E-state index contributed by atoms with van der Waals surface area (Å²) in [7, 11) is -2.21. The van der Waals surface area contributed by atoms with Crippen LogP contribution in [0.15, 0.2) is 17.1 Å². The van der Waals surface area contributed by atoms with E-state index in [-0.39, 0.29) is 12.4 Å². The zero-order valence-electron chi connectivity index (χ0n) is 12.7. The van der Waals surface area contributed by atoms with Crippen LogP contribution >= 0.6 is 7.37 Å². The lowest BCUT2D eigenvalue weighted by atomic mass is 10.1. The van der Waals surface area contributed by atoms with Gasteiger partial charge in [0.2, 0.25) is 0 Å². The Morgan fingerprint density at radius 3 is 2.87 bits per heavy atom. The molecular formula is C12H19N3O7P-. The van der Waals surface area contributed by atoms with Crippen LogP contribution in [0.3, 0.4) is 0 Å². The van der Waals surface area contributed by atoms with E-state index in [4.69, 9.17) is 19.9 Å². The van der Waals surface area contributed by atoms with E-state index in [1.54, 1.807) is 0 Å². The van der Waals surface area contributed by atoms with Gasteiger partial charge in [-0.1, -0.05) is 0 Å². The minimum absolute atomic E-state index is 0.0628. The van der Waals surface area contributed by atoms with Crippen molar-refractivity contribution in [2.75, 3.05) is 32.5 Å². The van der Waals surface area contributed by atoms with Gasteiger partial charge in [0.05, 0.1) is 13.0 Å². The van der Waals surface area contributed by atoms with E-state index in [9.17, 15) is 19.4 Å². The first-order chi connectivity index (χ1) is 10.7. The van der Waals surface area contributed by atoms with Gasteiger partial charge >= 0.3 is 5.69 Å². The third kappa shape index (κ3) is 4.37. The van der Waals surface area contributed by atoms with Crippen LogP contribution < -0.4 is 16.3 Å². The van der Waals surface area contributed by atoms with Gasteiger partial charge in [-0.2, -0.15) is 4.98 Å². The van der Waals surface area contributed by atoms with E-state index in [0.717, 1.165) is 11.2 Å². The number of hydrogen-bond donors (Lipinski definition) is 2. The van der Waals surface area contributed by atoms with E-state index in [1.165, 1.54) is 19.4 Å². The summed E-state index contributed by atoms with van der Waals surface area (Å²) in [5.74, 6) is 0.0628. The number of hydrogen-bond acceptors (Lipinski definition) is 9. The first-order valence-corrected chi connectivity index (χ1v) is 9.05. The third-order valence-corrected chi connectivity index (χ3v) is 3.97. The fourth-order valence-electron chi connectivity index (χ4n) is 2.29. The molecule has 1 fully saturated rings. The van der Waals surface area contributed by atoms with Crippen LogP contribution in [0.1, 0.15) is 6.23 Å². The normalized spacial score (nSPS) is 30.3. The highest BCUT2D eigenvalue weighted by Crippen LogP contribution is 2.33. The number of nitrogens with two attached hydrogens (primary N) is 1. The molecule has 2 unspecified atom stereocenters. The molecule has 0 radical (unpaired) electrons. The Balaban J connectivity index is 2.12. The summed E-state index contributed by atoms with van der Waals surface area (Å²) in [4.78, 5) is 26.6. The van der Waals surface area contributed by atoms with Crippen molar-refractivity contribution in [2.45, 2.75) is 24.5 Å². The Kier molecular flexibility index (Phi) is 5.56. The Labute approximate surface area is 132 Å². The molecule has 3 N–H and O–H groups in total. The monoisotopic (exact) mass is 348 g/mol. The SMILES string of the molecule is COC1[C@@H](O)[C@@H](COCP(C)(=O)[O-])O[C@H]1n1ccc(N)nc1=O. The molecule has 1 saturated heterocycles. The quantitative estimate of drug-likeness (QED) is 0.576. The van der Waals surface area contributed by atoms with Gasteiger partial charge < -0.3 is 34.5 Å². The standard InChI is InChI=1S/C12H20N3O7P/c1-20-10-9(16)7(5-21-6-23(2,18)19)22-11(10)15-4-3-8(13)14-12(15)17/h3-4,7,9-11,16H,5-6H2,1-2H3,(H,18,19)(H2,13,14,17)/p-1/t7-,9+,10?,11-/m1/s1. The lowest BCUT2D eigenvalue weighted by Gasteiger charge is -2.20. The Morgan fingerprint density at radius 1 is 1.61 bits per heavy atom. The van der Waals surface area contributed by atoms with E-state index in [2.05, 4.69) is 4.98 Å². The number of methoxy groups -OCH3 is 1. The first kappa shape index (κ1) is 18.1. The Bertz CT molecular complexity index is 646. The minimum Gasteiger partial charge on any atom is -0.798 e. The summed E-state index contributed by atoms with van der Waals surface area (Å²) in [5.41, 5.74) is 4.78. The van der Waals surface area contributed by atoms with Crippen LogP contribution in [0.5, 0.6) is 0 Å². The zero-order chi connectivity index (χ0) is 17.2. The maximum Gasteiger partial charge on any atom is 0.351 e. The number of nitrogens with zero attached hydrogens (tertiary/aromatic N) is 2. The summed E-state index contributed by atoms with van der Waals surface area (Å²) >= 11 is 0. The van der Waals surface area contributed by atoms with E-state index in [1.807, 2.05) is 0 Å². The fourth-order valence-corrected chi connectivity index (χ4v) is 2.73. The molecule has 1 aliphatic rings. The van der Waals surface area contributed by atoms with Crippen LogP contribution in [-0.2, 0) is 18.8 Å². The van der Waals surface area contributed by atoms with Gasteiger partial charge in [-0.05, 0) is 12.7 Å². The number of aromatic nitrogens is 2. The molecule has 2 rings (SSSR count). The van der Waals surface area contributed by atoms with Crippen molar-refractivity contribution >= 4 is 13.2 Å². The highest BCUT2D eigenvalue weighted by atomic mass is 31.2. The Morgan fingerprint density at radius 2 is 2.30 bits per heavy atom. The van der Waals surface area contributed by atoms with Crippen LogP contribution in [0.4, 0.5) is 5.82 Å². The molecule has 1 aromatic rings. The molecule has 5 atom stereocenters. The fraction of sp³-hybridized carbons (Fsp3) is 0.667. The van der Waals surface area contributed by atoms with Crippen molar-refractivity contribution in [3.05, 3.63) is 22.7 Å². The lowest BCUT2D eigenvalue weighted by molar-refractivity contribution is -0.179. The average Bonchev–Trinajstić information content (AvgIpc) is 2.74. The van der Waals surface area contributed by atoms with Crippen molar-refractivity contribution < 1.29 is 28.8 Å².